The standard InChI is InChI=1S/C17H12N3OS/c22-14-7-2-1-5-12(14)17-16(13-6-4-10-21-13)19-11-20(17)15-8-3-9-18-15/h1-6,8-10,18H,7H2. The number of nitrogens with one attached hydrogen (secondary N) is 1. The van der Waals surface area contributed by atoms with E-state index in [2.05, 4.69) is 22.4 Å². The van der Waals surface area contributed by atoms with Crippen LogP contribution in [0.1, 0.15) is 12.1 Å². The molecular weight excluding hydrogens is 294 g/mol. The second kappa shape index (κ2) is 5.27. The first-order valence-corrected chi connectivity index (χ1v) is 7.34. The number of furan rings is 1. The Morgan fingerprint density at radius 1 is 1.32 bits per heavy atom. The maximum Gasteiger partial charge on any atom is 0.183 e. The van der Waals surface area contributed by atoms with Gasteiger partial charge in [0.25, 0.3) is 0 Å². The molecule has 3 heterocycles. The Labute approximate surface area is 132 Å². The second-order valence-corrected chi connectivity index (χ2v) is 5.41. The number of imidazole rings is 1. The van der Waals surface area contributed by atoms with Crippen molar-refractivity contribution in [1.29, 1.82) is 0 Å². The van der Waals surface area contributed by atoms with Crippen molar-refractivity contribution in [2.24, 2.45) is 0 Å². The van der Waals surface area contributed by atoms with Crippen LogP contribution < -0.4 is 0 Å². The minimum Gasteiger partial charge on any atom is -0.463 e. The van der Waals surface area contributed by atoms with Crippen LogP contribution in [0.5, 0.6) is 0 Å². The Bertz CT molecular complexity index is 816. The van der Waals surface area contributed by atoms with Crippen molar-refractivity contribution in [2.45, 2.75) is 6.42 Å². The van der Waals surface area contributed by atoms with E-state index >= 15 is 0 Å². The van der Waals surface area contributed by atoms with Crippen LogP contribution in [-0.2, 0) is 0 Å². The topological polar surface area (TPSA) is 46.8 Å². The molecular formula is C17H12N3OS. The van der Waals surface area contributed by atoms with Crippen molar-refractivity contribution >= 4 is 22.7 Å². The predicted octanol–water partition coefficient (Wildman–Crippen LogP) is 3.97. The smallest absolute Gasteiger partial charge is 0.183 e. The SMILES string of the molecule is S=C1CC=CC=C1c1c(-c2ccco2)n[c]n1-c1ccc[nH]1. The van der Waals surface area contributed by atoms with Gasteiger partial charge in [0.15, 0.2) is 12.1 Å². The van der Waals surface area contributed by atoms with Gasteiger partial charge in [-0.3, -0.25) is 4.57 Å². The zero-order chi connectivity index (χ0) is 14.9. The van der Waals surface area contributed by atoms with Crippen LogP contribution in [0, 0.1) is 6.33 Å². The van der Waals surface area contributed by atoms with Crippen molar-refractivity contribution in [2.75, 3.05) is 0 Å². The van der Waals surface area contributed by atoms with E-state index in [9.17, 15) is 0 Å². The molecule has 3 aromatic heterocycles. The number of rotatable bonds is 3. The van der Waals surface area contributed by atoms with Crippen LogP contribution in [0.3, 0.4) is 0 Å². The Morgan fingerprint density at radius 3 is 3.00 bits per heavy atom. The summed E-state index contributed by atoms with van der Waals surface area (Å²) in [6.07, 6.45) is 13.4. The van der Waals surface area contributed by atoms with E-state index in [0.29, 0.717) is 5.76 Å². The minimum absolute atomic E-state index is 0.704. The molecule has 3 aromatic rings. The molecule has 5 heteroatoms. The van der Waals surface area contributed by atoms with Gasteiger partial charge in [0.1, 0.15) is 11.5 Å². The van der Waals surface area contributed by atoms with E-state index in [0.717, 1.165) is 34.1 Å². The van der Waals surface area contributed by atoms with E-state index in [4.69, 9.17) is 16.6 Å². The quantitative estimate of drug-likeness (QED) is 0.745. The lowest BCUT2D eigenvalue weighted by Crippen LogP contribution is -2.07. The van der Waals surface area contributed by atoms with Gasteiger partial charge in [-0.05, 0) is 24.3 Å². The summed E-state index contributed by atoms with van der Waals surface area (Å²) in [5.74, 6) is 1.59. The largest absolute Gasteiger partial charge is 0.463 e. The zero-order valence-electron chi connectivity index (χ0n) is 11.6. The zero-order valence-corrected chi connectivity index (χ0v) is 12.4. The van der Waals surface area contributed by atoms with E-state index in [1.54, 1.807) is 6.26 Å². The molecule has 1 N–H and O–H groups in total. The Hall–Kier alpha value is -2.66. The van der Waals surface area contributed by atoms with Gasteiger partial charge in [0, 0.05) is 23.1 Å². The number of thiocarbonyl (C=S) groups is 1. The van der Waals surface area contributed by atoms with Crippen LogP contribution >= 0.6 is 12.2 Å². The highest BCUT2D eigenvalue weighted by atomic mass is 32.1. The third-order valence-corrected chi connectivity index (χ3v) is 3.93. The summed E-state index contributed by atoms with van der Waals surface area (Å²) in [4.78, 5) is 8.49. The third kappa shape index (κ3) is 2.07. The fourth-order valence-corrected chi connectivity index (χ4v) is 2.79. The van der Waals surface area contributed by atoms with Crippen LogP contribution in [-0.4, -0.2) is 19.4 Å². The van der Waals surface area contributed by atoms with Gasteiger partial charge in [-0.2, -0.15) is 0 Å². The molecule has 0 saturated heterocycles. The molecule has 0 aromatic carbocycles. The van der Waals surface area contributed by atoms with Crippen LogP contribution in [0.15, 0.2) is 59.4 Å². The van der Waals surface area contributed by atoms with Gasteiger partial charge < -0.3 is 9.40 Å². The Morgan fingerprint density at radius 2 is 2.27 bits per heavy atom. The van der Waals surface area contributed by atoms with Crippen molar-refractivity contribution in [3.05, 3.63) is 67.0 Å². The molecule has 0 spiro atoms. The monoisotopic (exact) mass is 306 g/mol. The van der Waals surface area contributed by atoms with Crippen molar-refractivity contribution in [3.8, 4) is 17.3 Å². The summed E-state index contributed by atoms with van der Waals surface area (Å²) in [7, 11) is 0. The first-order valence-electron chi connectivity index (χ1n) is 6.93. The molecule has 0 bridgehead atoms. The van der Waals surface area contributed by atoms with Crippen LogP contribution in [0.25, 0.3) is 22.8 Å². The first kappa shape index (κ1) is 13.0. The first-order chi connectivity index (χ1) is 10.8. The molecule has 0 unspecified atom stereocenters. The fourth-order valence-electron chi connectivity index (χ4n) is 2.53. The molecule has 4 rings (SSSR count). The fraction of sp³-hybridized carbons (Fsp3) is 0.0588. The average molecular weight is 306 g/mol. The molecule has 22 heavy (non-hydrogen) atoms. The normalized spacial score (nSPS) is 14.4. The van der Waals surface area contributed by atoms with Crippen molar-refractivity contribution in [1.82, 2.24) is 14.5 Å². The number of hydrogen-bond acceptors (Lipinski definition) is 3. The molecule has 4 nitrogen and oxygen atoms in total. The summed E-state index contributed by atoms with van der Waals surface area (Å²) >= 11 is 5.54. The Kier molecular flexibility index (Phi) is 3.12. The lowest BCUT2D eigenvalue weighted by atomic mass is 9.99. The molecule has 0 atom stereocenters. The number of hydrogen-bond donors (Lipinski definition) is 1. The summed E-state index contributed by atoms with van der Waals surface area (Å²) < 4.78 is 7.41. The van der Waals surface area contributed by atoms with Crippen LogP contribution in [0.2, 0.25) is 0 Å². The van der Waals surface area contributed by atoms with E-state index < -0.39 is 0 Å². The third-order valence-electron chi connectivity index (χ3n) is 3.54. The maximum atomic E-state index is 5.54. The molecule has 107 valence electrons. The van der Waals surface area contributed by atoms with E-state index in [-0.39, 0.29) is 0 Å². The molecule has 0 saturated carbocycles. The molecule has 0 fully saturated rings. The maximum absolute atomic E-state index is 5.54. The number of allylic oxidation sites excluding steroid dienone is 4. The number of H-pyrrole nitrogens is 1. The highest BCUT2D eigenvalue weighted by molar-refractivity contribution is 7.81. The molecule has 0 aliphatic heterocycles. The minimum atomic E-state index is 0.704. The average Bonchev–Trinajstić information content (AvgIpc) is 3.27. The summed E-state index contributed by atoms with van der Waals surface area (Å²) in [5, 5.41) is 0. The number of aromatic nitrogens is 3. The molecule has 0 amide bonds. The van der Waals surface area contributed by atoms with Gasteiger partial charge >= 0.3 is 0 Å². The Balaban J connectivity index is 1.97. The lowest BCUT2D eigenvalue weighted by Gasteiger charge is -2.14. The molecule has 1 aliphatic carbocycles. The van der Waals surface area contributed by atoms with Gasteiger partial charge in [0.05, 0.1) is 12.0 Å². The van der Waals surface area contributed by atoms with Gasteiger partial charge in [-0.15, -0.1) is 0 Å². The number of aromatic amines is 1. The second-order valence-electron chi connectivity index (χ2n) is 4.91. The van der Waals surface area contributed by atoms with E-state index in [1.165, 1.54) is 0 Å². The van der Waals surface area contributed by atoms with Crippen molar-refractivity contribution in [3.63, 3.8) is 0 Å². The van der Waals surface area contributed by atoms with Crippen molar-refractivity contribution < 1.29 is 4.42 Å². The molecule has 1 aliphatic rings. The van der Waals surface area contributed by atoms with E-state index in [1.807, 2.05) is 47.2 Å². The summed E-state index contributed by atoms with van der Waals surface area (Å²) in [5.41, 5.74) is 2.61. The lowest BCUT2D eigenvalue weighted by molar-refractivity contribution is 0.580. The predicted molar refractivity (Wildman–Crippen MR) is 88.8 cm³/mol. The highest BCUT2D eigenvalue weighted by Gasteiger charge is 2.23. The summed E-state index contributed by atoms with van der Waals surface area (Å²) in [6, 6.07) is 7.64. The van der Waals surface area contributed by atoms with Crippen LogP contribution in [0.4, 0.5) is 0 Å². The van der Waals surface area contributed by atoms with Gasteiger partial charge in [0.2, 0.25) is 0 Å². The van der Waals surface area contributed by atoms with Gasteiger partial charge in [-0.1, -0.05) is 30.4 Å². The highest BCUT2D eigenvalue weighted by Crippen LogP contribution is 2.32. The van der Waals surface area contributed by atoms with Gasteiger partial charge in [-0.25, -0.2) is 4.98 Å². The number of nitrogens with zero attached hydrogens (tertiary/aromatic N) is 2. The molecule has 1 radical (unpaired) electrons. The summed E-state index contributed by atoms with van der Waals surface area (Å²) in [6.45, 7) is 0.